The molecule has 4 unspecified atom stereocenters. The Balaban J connectivity index is 1.39. The quantitative estimate of drug-likeness (QED) is 0.851. The van der Waals surface area contributed by atoms with Crippen molar-refractivity contribution < 1.29 is 14.0 Å². The molecule has 2 amide bonds. The molecule has 2 saturated carbocycles. The summed E-state index contributed by atoms with van der Waals surface area (Å²) in [6.45, 7) is 2.12. The first kappa shape index (κ1) is 16.9. The number of rotatable bonds is 5. The summed E-state index contributed by atoms with van der Waals surface area (Å²) in [5.41, 5.74) is 1.13. The molecule has 2 N–H and O–H groups in total. The Labute approximate surface area is 153 Å². The fraction of sp³-hybridized carbons (Fsp3) is 0.429. The van der Waals surface area contributed by atoms with Crippen LogP contribution in [0.25, 0.3) is 0 Å². The van der Waals surface area contributed by atoms with Crippen LogP contribution in [0.4, 0.5) is 5.69 Å². The zero-order valence-corrected chi connectivity index (χ0v) is 14.9. The molecule has 2 fully saturated rings. The summed E-state index contributed by atoms with van der Waals surface area (Å²) < 4.78 is 5.09. The minimum absolute atomic E-state index is 0.0885. The average Bonchev–Trinajstić information content (AvgIpc) is 3.39. The van der Waals surface area contributed by atoms with Gasteiger partial charge in [-0.25, -0.2) is 0 Å². The van der Waals surface area contributed by atoms with E-state index in [4.69, 9.17) is 4.42 Å². The van der Waals surface area contributed by atoms with Crippen LogP contribution in [0.3, 0.4) is 0 Å². The van der Waals surface area contributed by atoms with E-state index in [9.17, 15) is 9.59 Å². The van der Waals surface area contributed by atoms with E-state index in [1.54, 1.807) is 36.4 Å². The second-order valence-electron chi connectivity index (χ2n) is 7.61. The third kappa shape index (κ3) is 3.39. The van der Waals surface area contributed by atoms with Crippen molar-refractivity contribution in [1.82, 2.24) is 5.32 Å². The topological polar surface area (TPSA) is 71.3 Å². The van der Waals surface area contributed by atoms with Crippen LogP contribution in [-0.2, 0) is 0 Å². The maximum atomic E-state index is 12.6. The van der Waals surface area contributed by atoms with Gasteiger partial charge in [0.1, 0.15) is 0 Å². The van der Waals surface area contributed by atoms with Gasteiger partial charge >= 0.3 is 0 Å². The van der Waals surface area contributed by atoms with E-state index < -0.39 is 0 Å². The Hall–Kier alpha value is -2.56. The summed E-state index contributed by atoms with van der Waals surface area (Å²) in [4.78, 5) is 24.7. The van der Waals surface area contributed by atoms with Crippen LogP contribution in [0.15, 0.2) is 47.1 Å². The fourth-order valence-electron chi connectivity index (χ4n) is 4.64. The molecule has 2 bridgehead atoms. The normalized spacial score (nSPS) is 25.0. The Morgan fingerprint density at radius 1 is 1.12 bits per heavy atom. The number of carbonyl (C=O) groups is 2. The highest BCUT2D eigenvalue weighted by Crippen LogP contribution is 2.49. The fourth-order valence-corrected chi connectivity index (χ4v) is 4.64. The summed E-state index contributed by atoms with van der Waals surface area (Å²) in [6.07, 6.45) is 6.70. The maximum Gasteiger partial charge on any atom is 0.291 e. The number of hydrogen-bond acceptors (Lipinski definition) is 3. The molecule has 2 aromatic rings. The van der Waals surface area contributed by atoms with Crippen LogP contribution in [0.1, 0.15) is 53.5 Å². The molecule has 0 spiro atoms. The number of fused-ring (bicyclic) bond motifs is 2. The average molecular weight is 352 g/mol. The second kappa shape index (κ2) is 6.98. The van der Waals surface area contributed by atoms with Gasteiger partial charge < -0.3 is 15.1 Å². The molecule has 2 aliphatic rings. The molecular weight excluding hydrogens is 328 g/mol. The van der Waals surface area contributed by atoms with Crippen molar-refractivity contribution in [3.8, 4) is 0 Å². The van der Waals surface area contributed by atoms with E-state index in [-0.39, 0.29) is 23.6 Å². The molecule has 5 nitrogen and oxygen atoms in total. The zero-order chi connectivity index (χ0) is 18.1. The first-order valence-corrected chi connectivity index (χ1v) is 9.36. The first-order valence-electron chi connectivity index (χ1n) is 9.36. The third-order valence-corrected chi connectivity index (χ3v) is 5.92. The molecule has 136 valence electrons. The number of carbonyl (C=O) groups excluding carboxylic acids is 2. The molecule has 2 aliphatic carbocycles. The Bertz CT molecular complexity index is 799. The van der Waals surface area contributed by atoms with E-state index in [1.807, 2.05) is 0 Å². The molecule has 4 rings (SSSR count). The van der Waals surface area contributed by atoms with E-state index in [0.717, 1.165) is 11.8 Å². The largest absolute Gasteiger partial charge is 0.459 e. The molecular formula is C21H24N2O3. The monoisotopic (exact) mass is 352 g/mol. The highest BCUT2D eigenvalue weighted by Gasteiger charge is 2.42. The van der Waals surface area contributed by atoms with E-state index >= 15 is 0 Å². The molecule has 1 aromatic heterocycles. The van der Waals surface area contributed by atoms with Crippen molar-refractivity contribution in [3.05, 3.63) is 54.0 Å². The molecule has 0 radical (unpaired) electrons. The van der Waals surface area contributed by atoms with Gasteiger partial charge in [-0.15, -0.1) is 0 Å². The lowest BCUT2D eigenvalue weighted by molar-refractivity contribution is 0.0914. The van der Waals surface area contributed by atoms with Crippen LogP contribution in [-0.4, -0.2) is 17.9 Å². The number of nitrogens with one attached hydrogen (secondary N) is 2. The Kier molecular flexibility index (Phi) is 4.53. The highest BCUT2D eigenvalue weighted by atomic mass is 16.3. The number of benzene rings is 1. The van der Waals surface area contributed by atoms with Gasteiger partial charge in [0.05, 0.1) is 6.26 Å². The molecule has 26 heavy (non-hydrogen) atoms. The number of amides is 2. The summed E-state index contributed by atoms with van der Waals surface area (Å²) in [6, 6.07) is 10.4. The molecule has 5 heteroatoms. The smallest absolute Gasteiger partial charge is 0.291 e. The van der Waals surface area contributed by atoms with Crippen molar-refractivity contribution >= 4 is 17.5 Å². The van der Waals surface area contributed by atoms with Gasteiger partial charge in [-0.3, -0.25) is 9.59 Å². The predicted molar refractivity (Wildman–Crippen MR) is 99.0 cm³/mol. The standard InChI is InChI=1S/C21H24N2O3/c1-13(18-11-14-7-8-15(18)10-14)22-20(24)16-4-2-5-17(12-16)23-21(25)19-6-3-9-26-19/h2-6,9,12-15,18H,7-8,10-11H2,1H3,(H,22,24)(H,23,25). The lowest BCUT2D eigenvalue weighted by atomic mass is 9.84. The van der Waals surface area contributed by atoms with E-state index in [2.05, 4.69) is 17.6 Å². The third-order valence-electron chi connectivity index (χ3n) is 5.92. The van der Waals surface area contributed by atoms with Gasteiger partial charge in [-0.05, 0) is 74.3 Å². The summed E-state index contributed by atoms with van der Waals surface area (Å²) >= 11 is 0. The molecule has 0 aliphatic heterocycles. The zero-order valence-electron chi connectivity index (χ0n) is 14.9. The second-order valence-corrected chi connectivity index (χ2v) is 7.61. The van der Waals surface area contributed by atoms with Crippen LogP contribution in [0.2, 0.25) is 0 Å². The van der Waals surface area contributed by atoms with Crippen LogP contribution < -0.4 is 10.6 Å². The molecule has 1 aromatic carbocycles. The van der Waals surface area contributed by atoms with Gasteiger partial charge in [-0.2, -0.15) is 0 Å². The van der Waals surface area contributed by atoms with Crippen LogP contribution in [0.5, 0.6) is 0 Å². The SMILES string of the molecule is CC(NC(=O)c1cccc(NC(=O)c2ccco2)c1)C1CC2CCC1C2. The minimum atomic E-state index is -0.331. The summed E-state index contributed by atoms with van der Waals surface area (Å²) in [7, 11) is 0. The van der Waals surface area contributed by atoms with Crippen molar-refractivity contribution in [2.24, 2.45) is 17.8 Å². The Morgan fingerprint density at radius 3 is 2.69 bits per heavy atom. The number of furan rings is 1. The minimum Gasteiger partial charge on any atom is -0.459 e. The molecule has 1 heterocycles. The highest BCUT2D eigenvalue weighted by molar-refractivity contribution is 6.03. The van der Waals surface area contributed by atoms with Crippen molar-refractivity contribution in [3.63, 3.8) is 0 Å². The first-order chi connectivity index (χ1) is 12.6. The summed E-state index contributed by atoms with van der Waals surface area (Å²) in [5.74, 6) is 2.06. The van der Waals surface area contributed by atoms with Gasteiger partial charge in [0.25, 0.3) is 11.8 Å². The predicted octanol–water partition coefficient (Wildman–Crippen LogP) is 4.09. The lowest BCUT2D eigenvalue weighted by Gasteiger charge is -2.28. The molecule has 0 saturated heterocycles. The Morgan fingerprint density at radius 2 is 2.00 bits per heavy atom. The van der Waals surface area contributed by atoms with Crippen molar-refractivity contribution in [2.45, 2.75) is 38.6 Å². The van der Waals surface area contributed by atoms with Gasteiger partial charge in [-0.1, -0.05) is 12.5 Å². The van der Waals surface area contributed by atoms with E-state index in [0.29, 0.717) is 17.2 Å². The summed E-state index contributed by atoms with van der Waals surface area (Å²) in [5, 5.41) is 5.92. The van der Waals surface area contributed by atoms with Crippen LogP contribution >= 0.6 is 0 Å². The number of hydrogen-bond donors (Lipinski definition) is 2. The van der Waals surface area contributed by atoms with Gasteiger partial charge in [0.15, 0.2) is 5.76 Å². The number of anilines is 1. The molecule has 4 atom stereocenters. The van der Waals surface area contributed by atoms with Crippen molar-refractivity contribution in [1.29, 1.82) is 0 Å². The van der Waals surface area contributed by atoms with Crippen molar-refractivity contribution in [2.75, 3.05) is 5.32 Å². The maximum absolute atomic E-state index is 12.6. The lowest BCUT2D eigenvalue weighted by Crippen LogP contribution is -2.40. The van der Waals surface area contributed by atoms with Crippen LogP contribution in [0, 0.1) is 17.8 Å². The van der Waals surface area contributed by atoms with E-state index in [1.165, 1.54) is 31.9 Å². The van der Waals surface area contributed by atoms with Gasteiger partial charge in [0, 0.05) is 17.3 Å². The van der Waals surface area contributed by atoms with Gasteiger partial charge in [0.2, 0.25) is 0 Å².